The molecule has 1 rings (SSSR count). The Kier molecular flexibility index (Phi) is 1.72. The van der Waals surface area contributed by atoms with Crippen molar-refractivity contribution in [1.82, 2.24) is 0 Å². The first kappa shape index (κ1) is 6.13. The van der Waals surface area contributed by atoms with Gasteiger partial charge in [-0.25, -0.2) is 4.99 Å². The molecule has 50 valence electrons. The van der Waals surface area contributed by atoms with Crippen LogP contribution in [0.4, 0.5) is 0 Å². The Morgan fingerprint density at radius 3 is 3.00 bits per heavy atom. The number of nitrogens with zero attached hydrogens (tertiary/aromatic N) is 1. The molecule has 1 aliphatic heterocycles. The van der Waals surface area contributed by atoms with Crippen molar-refractivity contribution in [2.24, 2.45) is 10.7 Å². The van der Waals surface area contributed by atoms with Crippen LogP contribution in [0.5, 0.6) is 0 Å². The summed E-state index contributed by atoms with van der Waals surface area (Å²) in [5.41, 5.74) is 6.28. The maximum atomic E-state index is 5.53. The van der Waals surface area contributed by atoms with Gasteiger partial charge in [0.25, 0.3) is 0 Å². The van der Waals surface area contributed by atoms with Gasteiger partial charge in [0, 0.05) is 6.21 Å². The van der Waals surface area contributed by atoms with Gasteiger partial charge in [0.05, 0.1) is 12.8 Å². The van der Waals surface area contributed by atoms with Gasteiger partial charge >= 0.3 is 0 Å². The molecule has 0 saturated carbocycles. The SMILES string of the molecule is COC1=C(N)CCC=N1. The molecule has 0 fully saturated rings. The topological polar surface area (TPSA) is 47.6 Å². The predicted molar refractivity (Wildman–Crippen MR) is 35.9 cm³/mol. The Labute approximate surface area is 54.2 Å². The lowest BCUT2D eigenvalue weighted by Gasteiger charge is -2.08. The summed E-state index contributed by atoms with van der Waals surface area (Å²) in [6.45, 7) is 0. The Bertz CT molecular complexity index is 160. The Morgan fingerprint density at radius 2 is 2.56 bits per heavy atom. The van der Waals surface area contributed by atoms with E-state index in [1.807, 2.05) is 6.21 Å². The van der Waals surface area contributed by atoms with Gasteiger partial charge in [-0.2, -0.15) is 0 Å². The molecule has 0 bridgehead atoms. The molecule has 1 aliphatic rings. The van der Waals surface area contributed by atoms with E-state index in [2.05, 4.69) is 4.99 Å². The summed E-state index contributed by atoms with van der Waals surface area (Å²) in [5, 5.41) is 0. The van der Waals surface area contributed by atoms with E-state index < -0.39 is 0 Å². The van der Waals surface area contributed by atoms with Gasteiger partial charge in [-0.3, -0.25) is 0 Å². The first-order valence-electron chi connectivity index (χ1n) is 2.89. The Balaban J connectivity index is 2.72. The van der Waals surface area contributed by atoms with Crippen molar-refractivity contribution in [3.8, 4) is 0 Å². The van der Waals surface area contributed by atoms with E-state index in [0.29, 0.717) is 5.88 Å². The molecule has 0 unspecified atom stereocenters. The van der Waals surface area contributed by atoms with E-state index in [4.69, 9.17) is 10.5 Å². The van der Waals surface area contributed by atoms with Crippen molar-refractivity contribution in [2.75, 3.05) is 7.11 Å². The van der Waals surface area contributed by atoms with Crippen molar-refractivity contribution in [3.63, 3.8) is 0 Å². The van der Waals surface area contributed by atoms with Crippen LogP contribution in [0.15, 0.2) is 16.6 Å². The molecular weight excluding hydrogens is 116 g/mol. The van der Waals surface area contributed by atoms with Crippen molar-refractivity contribution >= 4 is 6.21 Å². The summed E-state index contributed by atoms with van der Waals surface area (Å²) in [6.07, 6.45) is 3.61. The molecule has 0 aliphatic carbocycles. The molecule has 0 radical (unpaired) electrons. The lowest BCUT2D eigenvalue weighted by molar-refractivity contribution is 0.280. The fourth-order valence-corrected chi connectivity index (χ4v) is 0.741. The van der Waals surface area contributed by atoms with Crippen molar-refractivity contribution in [2.45, 2.75) is 12.8 Å². The smallest absolute Gasteiger partial charge is 0.232 e. The standard InChI is InChI=1S/C6H10N2O/c1-9-6-5(7)3-2-4-8-6/h4H,2-3,7H2,1H3. The zero-order valence-electron chi connectivity index (χ0n) is 5.42. The molecule has 0 aromatic rings. The molecule has 2 N–H and O–H groups in total. The second kappa shape index (κ2) is 2.53. The van der Waals surface area contributed by atoms with E-state index in [1.54, 1.807) is 7.11 Å². The van der Waals surface area contributed by atoms with Crippen LogP contribution in [-0.4, -0.2) is 13.3 Å². The molecule has 0 amide bonds. The number of nitrogens with two attached hydrogens (primary N) is 1. The lowest BCUT2D eigenvalue weighted by Crippen LogP contribution is -2.06. The molecule has 0 atom stereocenters. The summed E-state index contributed by atoms with van der Waals surface area (Å²) in [7, 11) is 1.57. The van der Waals surface area contributed by atoms with Gasteiger partial charge in [0.15, 0.2) is 0 Å². The van der Waals surface area contributed by atoms with Gasteiger partial charge in [-0.15, -0.1) is 0 Å². The maximum Gasteiger partial charge on any atom is 0.232 e. The predicted octanol–water partition coefficient (Wildman–Crippen LogP) is 0.625. The molecule has 9 heavy (non-hydrogen) atoms. The maximum absolute atomic E-state index is 5.53. The van der Waals surface area contributed by atoms with Crippen molar-refractivity contribution < 1.29 is 4.74 Å². The fourth-order valence-electron chi connectivity index (χ4n) is 0.741. The van der Waals surface area contributed by atoms with Gasteiger partial charge < -0.3 is 10.5 Å². The number of aliphatic imine (C=N–C) groups is 1. The first-order chi connectivity index (χ1) is 4.34. The highest BCUT2D eigenvalue weighted by Crippen LogP contribution is 2.11. The van der Waals surface area contributed by atoms with Crippen LogP contribution in [0, 0.1) is 0 Å². The fraction of sp³-hybridized carbons (Fsp3) is 0.500. The summed E-state index contributed by atoms with van der Waals surface area (Å²) in [6, 6.07) is 0. The summed E-state index contributed by atoms with van der Waals surface area (Å²) < 4.78 is 4.86. The molecule has 0 spiro atoms. The van der Waals surface area contributed by atoms with Crippen molar-refractivity contribution in [1.29, 1.82) is 0 Å². The molecule has 3 nitrogen and oxygen atoms in total. The average Bonchev–Trinajstić information content (AvgIpc) is 1.89. The summed E-state index contributed by atoms with van der Waals surface area (Å²) >= 11 is 0. The van der Waals surface area contributed by atoms with E-state index >= 15 is 0 Å². The normalized spacial score (nSPS) is 18.3. The Morgan fingerprint density at radius 1 is 1.78 bits per heavy atom. The number of ether oxygens (including phenoxy) is 1. The van der Waals surface area contributed by atoms with Crippen LogP contribution in [0.3, 0.4) is 0 Å². The second-order valence-electron chi connectivity index (χ2n) is 1.88. The number of hydrogen-bond donors (Lipinski definition) is 1. The molecule has 1 heterocycles. The average molecular weight is 126 g/mol. The highest BCUT2D eigenvalue weighted by atomic mass is 16.5. The monoisotopic (exact) mass is 126 g/mol. The highest BCUT2D eigenvalue weighted by Gasteiger charge is 2.04. The number of hydrogen-bond acceptors (Lipinski definition) is 3. The Hall–Kier alpha value is -0.990. The van der Waals surface area contributed by atoms with Crippen molar-refractivity contribution in [3.05, 3.63) is 11.6 Å². The lowest BCUT2D eigenvalue weighted by atomic mass is 10.2. The third kappa shape index (κ3) is 1.22. The van der Waals surface area contributed by atoms with Crippen LogP contribution >= 0.6 is 0 Å². The number of methoxy groups -OCH3 is 1. The minimum atomic E-state index is 0.571. The van der Waals surface area contributed by atoms with Crippen LogP contribution in [0.2, 0.25) is 0 Å². The minimum absolute atomic E-state index is 0.571. The third-order valence-electron chi connectivity index (χ3n) is 1.22. The third-order valence-corrected chi connectivity index (χ3v) is 1.22. The van der Waals surface area contributed by atoms with E-state index in [-0.39, 0.29) is 0 Å². The second-order valence-corrected chi connectivity index (χ2v) is 1.88. The zero-order chi connectivity index (χ0) is 6.69. The molecular formula is C6H10N2O. The quantitative estimate of drug-likeness (QED) is 0.560. The van der Waals surface area contributed by atoms with E-state index in [1.165, 1.54) is 0 Å². The first-order valence-corrected chi connectivity index (χ1v) is 2.89. The van der Waals surface area contributed by atoms with Gasteiger partial charge in [-0.05, 0) is 12.8 Å². The molecule has 3 heteroatoms. The number of rotatable bonds is 1. The van der Waals surface area contributed by atoms with Crippen LogP contribution in [0.1, 0.15) is 12.8 Å². The van der Waals surface area contributed by atoms with Gasteiger partial charge in [0.2, 0.25) is 5.88 Å². The van der Waals surface area contributed by atoms with Crippen LogP contribution in [0.25, 0.3) is 0 Å². The number of allylic oxidation sites excluding steroid dienone is 1. The largest absolute Gasteiger partial charge is 0.480 e. The molecule has 0 aromatic heterocycles. The van der Waals surface area contributed by atoms with E-state index in [9.17, 15) is 0 Å². The van der Waals surface area contributed by atoms with Gasteiger partial charge in [0.1, 0.15) is 0 Å². The highest BCUT2D eigenvalue weighted by molar-refractivity contribution is 5.60. The van der Waals surface area contributed by atoms with Crippen LogP contribution in [-0.2, 0) is 4.74 Å². The van der Waals surface area contributed by atoms with E-state index in [0.717, 1.165) is 18.5 Å². The molecule has 0 saturated heterocycles. The van der Waals surface area contributed by atoms with Crippen LogP contribution < -0.4 is 5.73 Å². The summed E-state index contributed by atoms with van der Waals surface area (Å²) in [4.78, 5) is 3.94. The minimum Gasteiger partial charge on any atom is -0.480 e. The molecule has 0 aromatic carbocycles. The van der Waals surface area contributed by atoms with Gasteiger partial charge in [-0.1, -0.05) is 0 Å². The summed E-state index contributed by atoms with van der Waals surface area (Å²) in [5.74, 6) is 0.571. The zero-order valence-corrected chi connectivity index (χ0v) is 5.42.